The predicted molar refractivity (Wildman–Crippen MR) is 89.1 cm³/mol. The van der Waals surface area contributed by atoms with Crippen molar-refractivity contribution in [2.45, 2.75) is 18.4 Å². The van der Waals surface area contributed by atoms with E-state index in [-0.39, 0.29) is 11.6 Å². The van der Waals surface area contributed by atoms with Gasteiger partial charge in [0.25, 0.3) is 0 Å². The number of hydrogen-bond donors (Lipinski definition) is 2. The molecule has 0 heterocycles. The summed E-state index contributed by atoms with van der Waals surface area (Å²) in [6, 6.07) is 15.0. The molecule has 1 aliphatic rings. The molecule has 2 amide bonds. The number of benzene rings is 2. The van der Waals surface area contributed by atoms with E-state index in [4.69, 9.17) is 9.47 Å². The monoisotopic (exact) mass is 312 g/mol. The zero-order chi connectivity index (χ0) is 16.3. The molecule has 0 unspecified atom stereocenters. The number of nitrogens with one attached hydrogen (secondary N) is 2. The molecular weight excluding hydrogens is 292 g/mol. The highest BCUT2D eigenvalue weighted by molar-refractivity contribution is 5.90. The third-order valence-corrected chi connectivity index (χ3v) is 4.07. The van der Waals surface area contributed by atoms with Crippen LogP contribution in [0.3, 0.4) is 0 Å². The molecule has 2 aromatic rings. The van der Waals surface area contributed by atoms with Crippen LogP contribution < -0.4 is 20.1 Å². The first-order valence-corrected chi connectivity index (χ1v) is 7.53. The molecule has 5 nitrogen and oxygen atoms in total. The molecule has 0 saturated heterocycles. The SMILES string of the molecule is COc1ccc(C2(NC(=O)Nc3ccccc3)CC2)cc1OC. The fourth-order valence-corrected chi connectivity index (χ4v) is 2.65. The maximum atomic E-state index is 12.2. The van der Waals surface area contributed by atoms with Crippen molar-refractivity contribution in [3.05, 3.63) is 54.1 Å². The summed E-state index contributed by atoms with van der Waals surface area (Å²) in [5.41, 5.74) is 1.48. The molecule has 1 saturated carbocycles. The van der Waals surface area contributed by atoms with Crippen molar-refractivity contribution < 1.29 is 14.3 Å². The highest BCUT2D eigenvalue weighted by Crippen LogP contribution is 2.47. The lowest BCUT2D eigenvalue weighted by molar-refractivity contribution is 0.247. The van der Waals surface area contributed by atoms with E-state index in [9.17, 15) is 4.79 Å². The van der Waals surface area contributed by atoms with Crippen LogP contribution in [0.4, 0.5) is 10.5 Å². The van der Waals surface area contributed by atoms with Crippen LogP contribution in [0.25, 0.3) is 0 Å². The Morgan fingerprint density at radius 1 is 1.00 bits per heavy atom. The van der Waals surface area contributed by atoms with Crippen molar-refractivity contribution in [1.82, 2.24) is 5.32 Å². The Bertz CT molecular complexity index is 697. The lowest BCUT2D eigenvalue weighted by atomic mass is 10.0. The van der Waals surface area contributed by atoms with Crippen molar-refractivity contribution in [1.29, 1.82) is 0 Å². The summed E-state index contributed by atoms with van der Waals surface area (Å²) >= 11 is 0. The van der Waals surface area contributed by atoms with Gasteiger partial charge >= 0.3 is 6.03 Å². The molecule has 1 fully saturated rings. The number of urea groups is 1. The molecule has 23 heavy (non-hydrogen) atoms. The number of hydrogen-bond acceptors (Lipinski definition) is 3. The highest BCUT2D eigenvalue weighted by atomic mass is 16.5. The topological polar surface area (TPSA) is 59.6 Å². The third kappa shape index (κ3) is 3.23. The molecule has 2 aromatic carbocycles. The second-order valence-electron chi connectivity index (χ2n) is 5.60. The van der Waals surface area contributed by atoms with E-state index in [1.807, 2.05) is 48.5 Å². The highest BCUT2D eigenvalue weighted by Gasteiger charge is 2.46. The van der Waals surface area contributed by atoms with Crippen LogP contribution in [-0.4, -0.2) is 20.3 Å². The number of carbonyl (C=O) groups excluding carboxylic acids is 1. The normalized spacial score (nSPS) is 14.7. The van der Waals surface area contributed by atoms with Crippen LogP contribution in [0, 0.1) is 0 Å². The Morgan fingerprint density at radius 3 is 2.30 bits per heavy atom. The standard InChI is InChI=1S/C18H20N2O3/c1-22-15-9-8-13(12-16(15)23-2)18(10-11-18)20-17(21)19-14-6-4-3-5-7-14/h3-9,12H,10-11H2,1-2H3,(H2,19,20,21). The molecule has 0 bridgehead atoms. The van der Waals surface area contributed by atoms with E-state index in [2.05, 4.69) is 10.6 Å². The number of methoxy groups -OCH3 is 2. The molecular formula is C18H20N2O3. The van der Waals surface area contributed by atoms with Crippen molar-refractivity contribution in [3.8, 4) is 11.5 Å². The van der Waals surface area contributed by atoms with Gasteiger partial charge in [-0.1, -0.05) is 24.3 Å². The van der Waals surface area contributed by atoms with Gasteiger partial charge in [-0.2, -0.15) is 0 Å². The Kier molecular flexibility index (Phi) is 4.10. The van der Waals surface area contributed by atoms with Crippen molar-refractivity contribution in [2.24, 2.45) is 0 Å². The van der Waals surface area contributed by atoms with Gasteiger partial charge in [-0.25, -0.2) is 4.79 Å². The minimum Gasteiger partial charge on any atom is -0.493 e. The molecule has 3 rings (SSSR count). The zero-order valence-corrected chi connectivity index (χ0v) is 13.3. The van der Waals surface area contributed by atoms with Crippen LogP contribution in [-0.2, 0) is 5.54 Å². The zero-order valence-electron chi connectivity index (χ0n) is 13.3. The summed E-state index contributed by atoms with van der Waals surface area (Å²) in [5, 5.41) is 5.93. The molecule has 1 aliphatic carbocycles. The summed E-state index contributed by atoms with van der Waals surface area (Å²) in [5.74, 6) is 1.35. The van der Waals surface area contributed by atoms with Gasteiger partial charge in [-0.15, -0.1) is 0 Å². The second-order valence-corrected chi connectivity index (χ2v) is 5.60. The third-order valence-electron chi connectivity index (χ3n) is 4.07. The fourth-order valence-electron chi connectivity index (χ4n) is 2.65. The van der Waals surface area contributed by atoms with Crippen LogP contribution in [0.2, 0.25) is 0 Å². The molecule has 0 aliphatic heterocycles. The lowest BCUT2D eigenvalue weighted by Crippen LogP contribution is -2.38. The van der Waals surface area contributed by atoms with Crippen LogP contribution in [0.15, 0.2) is 48.5 Å². The Labute approximate surface area is 135 Å². The van der Waals surface area contributed by atoms with E-state index in [1.54, 1.807) is 14.2 Å². The number of rotatable bonds is 5. The van der Waals surface area contributed by atoms with Crippen molar-refractivity contribution in [2.75, 3.05) is 19.5 Å². The Balaban J connectivity index is 1.73. The summed E-state index contributed by atoms with van der Waals surface area (Å²) in [6.45, 7) is 0. The first kappa shape index (κ1) is 15.2. The first-order valence-electron chi connectivity index (χ1n) is 7.53. The van der Waals surface area contributed by atoms with Gasteiger partial charge in [0.15, 0.2) is 11.5 Å². The largest absolute Gasteiger partial charge is 0.493 e. The summed E-state index contributed by atoms with van der Waals surface area (Å²) in [7, 11) is 3.21. The molecule has 0 radical (unpaired) electrons. The number of anilines is 1. The molecule has 0 spiro atoms. The van der Waals surface area contributed by atoms with E-state index >= 15 is 0 Å². The molecule has 0 atom stereocenters. The number of ether oxygens (including phenoxy) is 2. The summed E-state index contributed by atoms with van der Waals surface area (Å²) in [6.07, 6.45) is 1.81. The molecule has 2 N–H and O–H groups in total. The maximum Gasteiger partial charge on any atom is 0.319 e. The van der Waals surface area contributed by atoms with Crippen molar-refractivity contribution >= 4 is 11.7 Å². The second kappa shape index (κ2) is 6.20. The number of para-hydroxylation sites is 1. The fraction of sp³-hybridized carbons (Fsp3) is 0.278. The van der Waals surface area contributed by atoms with Crippen LogP contribution >= 0.6 is 0 Å². The van der Waals surface area contributed by atoms with E-state index in [0.717, 1.165) is 24.1 Å². The number of carbonyl (C=O) groups is 1. The van der Waals surface area contributed by atoms with Crippen LogP contribution in [0.5, 0.6) is 11.5 Å². The Morgan fingerprint density at radius 2 is 1.70 bits per heavy atom. The quantitative estimate of drug-likeness (QED) is 0.888. The smallest absolute Gasteiger partial charge is 0.319 e. The van der Waals surface area contributed by atoms with Gasteiger partial charge in [-0.05, 0) is 42.7 Å². The molecule has 0 aromatic heterocycles. The van der Waals surface area contributed by atoms with Gasteiger partial charge in [0.1, 0.15) is 0 Å². The lowest BCUT2D eigenvalue weighted by Gasteiger charge is -2.20. The van der Waals surface area contributed by atoms with Crippen molar-refractivity contribution in [3.63, 3.8) is 0 Å². The van der Waals surface area contributed by atoms with E-state index < -0.39 is 0 Å². The molecule has 5 heteroatoms. The molecule has 120 valence electrons. The van der Waals surface area contributed by atoms with Gasteiger partial charge < -0.3 is 20.1 Å². The van der Waals surface area contributed by atoms with E-state index in [0.29, 0.717) is 11.5 Å². The summed E-state index contributed by atoms with van der Waals surface area (Å²) in [4.78, 5) is 12.2. The van der Waals surface area contributed by atoms with Gasteiger partial charge in [0.2, 0.25) is 0 Å². The first-order chi connectivity index (χ1) is 11.2. The minimum atomic E-state index is -0.321. The van der Waals surface area contributed by atoms with Gasteiger partial charge in [-0.3, -0.25) is 0 Å². The summed E-state index contributed by atoms with van der Waals surface area (Å²) < 4.78 is 10.6. The van der Waals surface area contributed by atoms with Gasteiger partial charge in [0.05, 0.1) is 19.8 Å². The minimum absolute atomic E-state index is 0.205. The average Bonchev–Trinajstić information content (AvgIpc) is 3.35. The van der Waals surface area contributed by atoms with Crippen LogP contribution in [0.1, 0.15) is 18.4 Å². The van der Waals surface area contributed by atoms with E-state index in [1.165, 1.54) is 0 Å². The van der Waals surface area contributed by atoms with Gasteiger partial charge in [0, 0.05) is 5.69 Å². The predicted octanol–water partition coefficient (Wildman–Crippen LogP) is 3.51. The average molecular weight is 312 g/mol. The number of amides is 2. The maximum absolute atomic E-state index is 12.2. The Hall–Kier alpha value is -2.69.